The number of methoxy groups -OCH3 is 1. The van der Waals surface area contributed by atoms with Gasteiger partial charge in [0.1, 0.15) is 12.4 Å². The Labute approximate surface area is 126 Å². The third-order valence-corrected chi connectivity index (χ3v) is 4.52. The third kappa shape index (κ3) is 4.42. The number of carbonyl (C=O) groups excluding carboxylic acids is 1. The molecule has 1 aromatic carbocycles. The summed E-state index contributed by atoms with van der Waals surface area (Å²) in [5.41, 5.74) is 13.7. The summed E-state index contributed by atoms with van der Waals surface area (Å²) in [4.78, 5) is 13.2. The molecule has 0 aliphatic heterocycles. The minimum absolute atomic E-state index is 0.0921. The highest BCUT2D eigenvalue weighted by Crippen LogP contribution is 2.25. The lowest BCUT2D eigenvalue weighted by Gasteiger charge is -2.20. The maximum atomic E-state index is 12.9. The van der Waals surface area contributed by atoms with Crippen molar-refractivity contribution in [3.8, 4) is 0 Å². The Hall–Kier alpha value is -2.16. The molecule has 2 atom stereocenters. The van der Waals surface area contributed by atoms with Gasteiger partial charge in [0.15, 0.2) is 9.84 Å². The van der Waals surface area contributed by atoms with Crippen LogP contribution in [0, 0.1) is 0 Å². The predicted molar refractivity (Wildman–Crippen MR) is 76.3 cm³/mol. The van der Waals surface area contributed by atoms with Gasteiger partial charge in [-0.2, -0.15) is 0 Å². The van der Waals surface area contributed by atoms with Crippen molar-refractivity contribution in [2.45, 2.75) is 17.0 Å². The second-order valence-electron chi connectivity index (χ2n) is 4.38. The van der Waals surface area contributed by atoms with E-state index in [1.807, 2.05) is 0 Å². The smallest absolute Gasteiger partial charge is 0.233 e. The molecule has 2 N–H and O–H groups in total. The highest BCUT2D eigenvalue weighted by Gasteiger charge is 2.23. The minimum atomic E-state index is -3.82. The van der Waals surface area contributed by atoms with Crippen LogP contribution in [0.15, 0.2) is 34.3 Å². The Morgan fingerprint density at radius 2 is 2.05 bits per heavy atom. The van der Waals surface area contributed by atoms with E-state index in [0.29, 0.717) is 5.56 Å². The fourth-order valence-electron chi connectivity index (χ4n) is 1.89. The summed E-state index contributed by atoms with van der Waals surface area (Å²) >= 11 is 0. The Morgan fingerprint density at radius 3 is 2.45 bits per heavy atom. The average molecular weight is 330 g/mol. The van der Waals surface area contributed by atoms with Crippen molar-refractivity contribution in [3.63, 3.8) is 0 Å². The zero-order chi connectivity index (χ0) is 16.8. The zero-order valence-electron chi connectivity index (χ0n) is 11.7. The van der Waals surface area contributed by atoms with Crippen LogP contribution in [0.2, 0.25) is 0 Å². The standard InChI is InChI=1S/C12H15FN4O4S/c1-21-12(10(6-13)16-17-15)8-2-4-9(5-3-8)22(19,20)7-11(14)18/h2-5,10,12H,6-7H2,1H3,(H2,14,18)/t10?,12-/m1/s1. The van der Waals surface area contributed by atoms with E-state index in [0.717, 1.165) is 0 Å². The van der Waals surface area contributed by atoms with Crippen molar-refractivity contribution >= 4 is 15.7 Å². The Balaban J connectivity index is 3.10. The molecule has 1 aromatic rings. The van der Waals surface area contributed by atoms with Crippen LogP contribution in [-0.4, -0.2) is 39.9 Å². The molecule has 0 saturated heterocycles. The number of sulfone groups is 1. The van der Waals surface area contributed by atoms with Gasteiger partial charge in [0.05, 0.1) is 17.0 Å². The maximum Gasteiger partial charge on any atom is 0.233 e. The van der Waals surface area contributed by atoms with Gasteiger partial charge >= 0.3 is 0 Å². The lowest BCUT2D eigenvalue weighted by molar-refractivity contribution is -0.115. The molecule has 1 unspecified atom stereocenters. The summed E-state index contributed by atoms with van der Waals surface area (Å²) in [5, 5.41) is 3.30. The monoisotopic (exact) mass is 330 g/mol. The number of primary amides is 1. The quantitative estimate of drug-likeness (QED) is 0.436. The highest BCUT2D eigenvalue weighted by atomic mass is 32.2. The van der Waals surface area contributed by atoms with Crippen LogP contribution in [-0.2, 0) is 19.4 Å². The average Bonchev–Trinajstić information content (AvgIpc) is 2.46. The first-order valence-corrected chi connectivity index (χ1v) is 7.75. The first-order valence-electron chi connectivity index (χ1n) is 6.09. The van der Waals surface area contributed by atoms with E-state index in [1.54, 1.807) is 0 Å². The van der Waals surface area contributed by atoms with Crippen molar-refractivity contribution in [2.24, 2.45) is 10.8 Å². The number of azide groups is 1. The molecule has 0 saturated carbocycles. The van der Waals surface area contributed by atoms with Gasteiger partial charge in [0.2, 0.25) is 5.91 Å². The van der Waals surface area contributed by atoms with Crippen LogP contribution in [0.3, 0.4) is 0 Å². The summed E-state index contributed by atoms with van der Waals surface area (Å²) < 4.78 is 41.6. The van der Waals surface area contributed by atoms with Gasteiger partial charge in [-0.25, -0.2) is 8.42 Å². The molecular formula is C12H15FN4O4S. The number of rotatable bonds is 8. The van der Waals surface area contributed by atoms with Crippen LogP contribution in [0.1, 0.15) is 11.7 Å². The number of halogens is 1. The van der Waals surface area contributed by atoms with Crippen LogP contribution in [0.4, 0.5) is 4.39 Å². The molecule has 22 heavy (non-hydrogen) atoms. The van der Waals surface area contributed by atoms with E-state index in [2.05, 4.69) is 10.0 Å². The van der Waals surface area contributed by atoms with Gasteiger partial charge in [0.25, 0.3) is 0 Å². The zero-order valence-corrected chi connectivity index (χ0v) is 12.5. The molecule has 0 radical (unpaired) electrons. The highest BCUT2D eigenvalue weighted by molar-refractivity contribution is 7.92. The van der Waals surface area contributed by atoms with Crippen molar-refractivity contribution < 1.29 is 22.3 Å². The second-order valence-corrected chi connectivity index (χ2v) is 6.37. The number of carbonyl (C=O) groups is 1. The van der Waals surface area contributed by atoms with Gasteiger partial charge in [0, 0.05) is 12.0 Å². The summed E-state index contributed by atoms with van der Waals surface area (Å²) in [5.74, 6) is -1.76. The van der Waals surface area contributed by atoms with Crippen molar-refractivity contribution in [1.29, 1.82) is 0 Å². The molecule has 10 heteroatoms. The predicted octanol–water partition coefficient (Wildman–Crippen LogP) is 1.28. The van der Waals surface area contributed by atoms with Gasteiger partial charge in [-0.15, -0.1) is 0 Å². The topological polar surface area (TPSA) is 135 Å². The third-order valence-electron chi connectivity index (χ3n) is 2.86. The van der Waals surface area contributed by atoms with Gasteiger partial charge < -0.3 is 10.5 Å². The minimum Gasteiger partial charge on any atom is -0.376 e. The summed E-state index contributed by atoms with van der Waals surface area (Å²) in [6.45, 7) is -0.926. The van der Waals surface area contributed by atoms with Gasteiger partial charge in [-0.1, -0.05) is 17.2 Å². The van der Waals surface area contributed by atoms with Gasteiger partial charge in [-0.3, -0.25) is 9.18 Å². The number of alkyl halides is 1. The molecule has 0 aliphatic rings. The Kier molecular flexibility index (Phi) is 6.29. The van der Waals surface area contributed by atoms with Crippen molar-refractivity contribution in [2.75, 3.05) is 19.5 Å². The Bertz CT molecular complexity index is 671. The number of hydrogen-bond donors (Lipinski definition) is 1. The van der Waals surface area contributed by atoms with E-state index >= 15 is 0 Å². The van der Waals surface area contributed by atoms with Gasteiger partial charge in [-0.05, 0) is 23.2 Å². The van der Waals surface area contributed by atoms with Crippen LogP contribution >= 0.6 is 0 Å². The molecule has 0 aromatic heterocycles. The molecule has 8 nitrogen and oxygen atoms in total. The van der Waals surface area contributed by atoms with Crippen molar-refractivity contribution in [3.05, 3.63) is 40.3 Å². The number of nitrogens with zero attached hydrogens (tertiary/aromatic N) is 3. The van der Waals surface area contributed by atoms with E-state index in [-0.39, 0.29) is 4.90 Å². The second kappa shape index (κ2) is 7.74. The molecule has 1 rings (SSSR count). The molecule has 0 heterocycles. The molecule has 0 aliphatic carbocycles. The maximum absolute atomic E-state index is 12.9. The number of benzene rings is 1. The first-order chi connectivity index (χ1) is 10.4. The largest absolute Gasteiger partial charge is 0.376 e. The number of amides is 1. The SMILES string of the molecule is CO[C@H](c1ccc(S(=O)(=O)CC(N)=O)cc1)C(CF)N=[N+]=[N-]. The lowest BCUT2D eigenvalue weighted by atomic mass is 10.0. The molecule has 0 bridgehead atoms. The molecule has 120 valence electrons. The fraction of sp³-hybridized carbons (Fsp3) is 0.417. The van der Waals surface area contributed by atoms with Crippen LogP contribution in [0.25, 0.3) is 10.4 Å². The van der Waals surface area contributed by atoms with E-state index < -0.39 is 40.3 Å². The molecule has 0 fully saturated rings. The van der Waals surface area contributed by atoms with Crippen LogP contribution < -0.4 is 5.73 Å². The first kappa shape index (κ1) is 17.9. The van der Waals surface area contributed by atoms with E-state index in [1.165, 1.54) is 31.4 Å². The Morgan fingerprint density at radius 1 is 1.45 bits per heavy atom. The molecule has 1 amide bonds. The number of nitrogens with two attached hydrogens (primary N) is 1. The fourth-order valence-corrected chi connectivity index (χ4v) is 2.98. The summed E-state index contributed by atoms with van der Waals surface area (Å²) in [6, 6.07) is 4.24. The lowest BCUT2D eigenvalue weighted by Crippen LogP contribution is -2.23. The normalized spacial score (nSPS) is 13.9. The van der Waals surface area contributed by atoms with E-state index in [9.17, 15) is 17.6 Å². The summed E-state index contributed by atoms with van der Waals surface area (Å²) in [6.07, 6.45) is -0.853. The number of hydrogen-bond acceptors (Lipinski definition) is 5. The number of ether oxygens (including phenoxy) is 1. The molecular weight excluding hydrogens is 315 g/mol. The summed E-state index contributed by atoms with van der Waals surface area (Å²) in [7, 11) is -2.50. The van der Waals surface area contributed by atoms with Crippen LogP contribution in [0.5, 0.6) is 0 Å². The van der Waals surface area contributed by atoms with Crippen molar-refractivity contribution in [1.82, 2.24) is 0 Å². The van der Waals surface area contributed by atoms with E-state index in [4.69, 9.17) is 16.0 Å². The molecule has 0 spiro atoms.